The molecule has 0 bridgehead atoms. The van der Waals surface area contributed by atoms with Crippen LogP contribution in [0.3, 0.4) is 0 Å². The maximum absolute atomic E-state index is 12.0. The van der Waals surface area contributed by atoms with Crippen molar-refractivity contribution in [1.82, 2.24) is 4.98 Å². The molecule has 1 aromatic heterocycles. The molecule has 0 saturated heterocycles. The zero-order chi connectivity index (χ0) is 11.7. The lowest BCUT2D eigenvalue weighted by Gasteiger charge is -2.22. The van der Waals surface area contributed by atoms with Crippen LogP contribution in [0.1, 0.15) is 34.0 Å². The minimum Gasteiger partial charge on any atom is -0.294 e. The van der Waals surface area contributed by atoms with Crippen LogP contribution in [0.25, 0.3) is 0 Å². The second-order valence-corrected chi connectivity index (χ2v) is 4.44. The zero-order valence-corrected chi connectivity index (χ0v) is 9.47. The molecule has 1 atom stereocenters. The molecule has 1 heterocycles. The van der Waals surface area contributed by atoms with Gasteiger partial charge in [0, 0.05) is 18.2 Å². The number of nitrogens with zero attached hydrogens (tertiary/aromatic N) is 1. The molecule has 0 unspecified atom stereocenters. The number of fused-ring (bicyclic) bond motifs is 1. The van der Waals surface area contributed by atoms with Crippen LogP contribution in [0, 0.1) is 0 Å². The van der Waals surface area contributed by atoms with E-state index in [1.165, 1.54) is 5.56 Å². The van der Waals surface area contributed by atoms with E-state index in [0.717, 1.165) is 17.7 Å². The molecule has 1 aliphatic carbocycles. The minimum atomic E-state index is 0.216. The highest BCUT2D eigenvalue weighted by atomic mass is 16.1. The lowest BCUT2D eigenvalue weighted by Crippen LogP contribution is -2.19. The third-order valence-electron chi connectivity index (χ3n) is 3.33. The SMILES string of the molecule is O=C1C[C@H](c2ccccc2)Cc2ncccc21. The fourth-order valence-electron chi connectivity index (χ4n) is 2.45. The van der Waals surface area contributed by atoms with Gasteiger partial charge in [0.05, 0.1) is 5.69 Å². The van der Waals surface area contributed by atoms with Crippen molar-refractivity contribution in [1.29, 1.82) is 0 Å². The number of hydrogen-bond donors (Lipinski definition) is 0. The van der Waals surface area contributed by atoms with Crippen LogP contribution in [0.4, 0.5) is 0 Å². The molecule has 0 radical (unpaired) electrons. The van der Waals surface area contributed by atoms with E-state index in [1.807, 2.05) is 30.3 Å². The Hall–Kier alpha value is -1.96. The monoisotopic (exact) mass is 223 g/mol. The summed E-state index contributed by atoms with van der Waals surface area (Å²) in [5.74, 6) is 0.499. The molecule has 1 aliphatic rings. The number of ketones is 1. The first-order valence-corrected chi connectivity index (χ1v) is 5.86. The average Bonchev–Trinajstić information content (AvgIpc) is 2.40. The van der Waals surface area contributed by atoms with Gasteiger partial charge in [-0.2, -0.15) is 0 Å². The number of carbonyl (C=O) groups excluding carboxylic acids is 1. The normalized spacial score (nSPS) is 18.8. The highest BCUT2D eigenvalue weighted by Gasteiger charge is 2.26. The van der Waals surface area contributed by atoms with Gasteiger partial charge in [-0.25, -0.2) is 0 Å². The predicted molar refractivity (Wildman–Crippen MR) is 66.1 cm³/mol. The predicted octanol–water partition coefficient (Wildman–Crippen LogP) is 2.99. The van der Waals surface area contributed by atoms with E-state index in [2.05, 4.69) is 17.1 Å². The Morgan fingerprint density at radius 2 is 1.82 bits per heavy atom. The van der Waals surface area contributed by atoms with Gasteiger partial charge in [-0.1, -0.05) is 30.3 Å². The third kappa shape index (κ3) is 1.86. The molecule has 17 heavy (non-hydrogen) atoms. The molecule has 2 heteroatoms. The van der Waals surface area contributed by atoms with Crippen LogP contribution < -0.4 is 0 Å². The number of pyridine rings is 1. The van der Waals surface area contributed by atoms with Crippen molar-refractivity contribution in [2.75, 3.05) is 0 Å². The Balaban J connectivity index is 1.97. The molecule has 0 amide bonds. The average molecular weight is 223 g/mol. The van der Waals surface area contributed by atoms with Gasteiger partial charge in [0.2, 0.25) is 0 Å². The summed E-state index contributed by atoms with van der Waals surface area (Å²) in [4.78, 5) is 16.4. The van der Waals surface area contributed by atoms with Gasteiger partial charge in [0.25, 0.3) is 0 Å². The summed E-state index contributed by atoms with van der Waals surface area (Å²) in [5, 5.41) is 0. The maximum atomic E-state index is 12.0. The second-order valence-electron chi connectivity index (χ2n) is 4.44. The van der Waals surface area contributed by atoms with Crippen LogP contribution in [-0.4, -0.2) is 10.8 Å². The topological polar surface area (TPSA) is 30.0 Å². The molecular weight excluding hydrogens is 210 g/mol. The first kappa shape index (κ1) is 10.2. The van der Waals surface area contributed by atoms with Crippen molar-refractivity contribution < 1.29 is 4.79 Å². The van der Waals surface area contributed by atoms with E-state index in [-0.39, 0.29) is 11.7 Å². The van der Waals surface area contributed by atoms with Gasteiger partial charge < -0.3 is 0 Å². The van der Waals surface area contributed by atoms with Crippen molar-refractivity contribution in [2.45, 2.75) is 18.8 Å². The van der Waals surface area contributed by atoms with Crippen molar-refractivity contribution in [3.8, 4) is 0 Å². The summed E-state index contributed by atoms with van der Waals surface area (Å²) in [5.41, 5.74) is 2.98. The zero-order valence-electron chi connectivity index (χ0n) is 9.47. The van der Waals surface area contributed by atoms with Gasteiger partial charge >= 0.3 is 0 Å². The number of aromatic nitrogens is 1. The van der Waals surface area contributed by atoms with E-state index >= 15 is 0 Å². The van der Waals surface area contributed by atoms with E-state index in [9.17, 15) is 4.79 Å². The summed E-state index contributed by atoms with van der Waals surface area (Å²) < 4.78 is 0. The summed E-state index contributed by atoms with van der Waals surface area (Å²) in [7, 11) is 0. The molecule has 0 spiro atoms. The number of rotatable bonds is 1. The molecular formula is C15H13NO. The van der Waals surface area contributed by atoms with Crippen molar-refractivity contribution in [3.05, 3.63) is 65.5 Å². The van der Waals surface area contributed by atoms with Crippen LogP contribution in [0.5, 0.6) is 0 Å². The molecule has 84 valence electrons. The van der Waals surface area contributed by atoms with Crippen molar-refractivity contribution in [3.63, 3.8) is 0 Å². The fraction of sp³-hybridized carbons (Fsp3) is 0.200. The van der Waals surface area contributed by atoms with Gasteiger partial charge in [0.1, 0.15) is 0 Å². The lowest BCUT2D eigenvalue weighted by molar-refractivity contribution is 0.0963. The lowest BCUT2D eigenvalue weighted by atomic mass is 9.82. The summed E-state index contributed by atoms with van der Waals surface area (Å²) in [6.45, 7) is 0. The third-order valence-corrected chi connectivity index (χ3v) is 3.33. The van der Waals surface area contributed by atoms with Crippen LogP contribution in [0.2, 0.25) is 0 Å². The van der Waals surface area contributed by atoms with Gasteiger partial charge in [0.15, 0.2) is 5.78 Å². The van der Waals surface area contributed by atoms with E-state index in [4.69, 9.17) is 0 Å². The number of benzene rings is 1. The second kappa shape index (κ2) is 4.13. The van der Waals surface area contributed by atoms with Gasteiger partial charge in [-0.15, -0.1) is 0 Å². The smallest absolute Gasteiger partial charge is 0.165 e. The molecule has 2 aromatic rings. The van der Waals surface area contributed by atoms with Crippen molar-refractivity contribution in [2.24, 2.45) is 0 Å². The Bertz CT molecular complexity index is 548. The summed E-state index contributed by atoms with van der Waals surface area (Å²) >= 11 is 0. The van der Waals surface area contributed by atoms with Crippen LogP contribution in [-0.2, 0) is 6.42 Å². The molecule has 0 aliphatic heterocycles. The molecule has 1 aromatic carbocycles. The number of Topliss-reactive ketones (excluding diaryl/α,β-unsaturated/α-hetero) is 1. The summed E-state index contributed by atoms with van der Waals surface area (Å²) in [6.07, 6.45) is 3.23. The Labute approximate surface area is 100 Å². The van der Waals surface area contributed by atoms with E-state index < -0.39 is 0 Å². The molecule has 0 saturated carbocycles. The van der Waals surface area contributed by atoms with Gasteiger partial charge in [-0.3, -0.25) is 9.78 Å². The minimum absolute atomic E-state index is 0.216. The molecule has 0 fully saturated rings. The summed E-state index contributed by atoms with van der Waals surface area (Å²) in [6, 6.07) is 13.9. The standard InChI is InChI=1S/C15H13NO/c17-15-10-12(11-5-2-1-3-6-11)9-14-13(15)7-4-8-16-14/h1-8,12H,9-10H2/t12-/m1/s1. The fourth-order valence-corrected chi connectivity index (χ4v) is 2.45. The van der Waals surface area contributed by atoms with Crippen molar-refractivity contribution >= 4 is 5.78 Å². The maximum Gasteiger partial charge on any atom is 0.165 e. The number of carbonyl (C=O) groups is 1. The molecule has 2 nitrogen and oxygen atoms in total. The Morgan fingerprint density at radius 1 is 1.00 bits per heavy atom. The van der Waals surface area contributed by atoms with Gasteiger partial charge in [-0.05, 0) is 30.0 Å². The highest BCUT2D eigenvalue weighted by molar-refractivity contribution is 5.98. The molecule has 3 rings (SSSR count). The van der Waals surface area contributed by atoms with E-state index in [0.29, 0.717) is 6.42 Å². The quantitative estimate of drug-likeness (QED) is 0.744. The van der Waals surface area contributed by atoms with Crippen LogP contribution in [0.15, 0.2) is 48.7 Å². The van der Waals surface area contributed by atoms with E-state index in [1.54, 1.807) is 6.20 Å². The first-order chi connectivity index (χ1) is 8.34. The Morgan fingerprint density at radius 3 is 2.65 bits per heavy atom. The number of hydrogen-bond acceptors (Lipinski definition) is 2. The largest absolute Gasteiger partial charge is 0.294 e. The molecule has 0 N–H and O–H groups in total. The van der Waals surface area contributed by atoms with Crippen LogP contribution >= 0.6 is 0 Å². The Kier molecular flexibility index (Phi) is 2.48. The highest BCUT2D eigenvalue weighted by Crippen LogP contribution is 2.31. The first-order valence-electron chi connectivity index (χ1n) is 5.86.